The number of carbonyl (C=O) groups is 6. The van der Waals surface area contributed by atoms with Crippen molar-refractivity contribution in [1.82, 2.24) is 0 Å². The summed E-state index contributed by atoms with van der Waals surface area (Å²) in [5.41, 5.74) is -8.86. The molecule has 0 aromatic heterocycles. The standard InChI is InChI=1S/C24H36O12/c1-7-31-16(25)22(17(26)32-8-2)14-13-15-23(18(27)33-9-3,19(28)34-10-4)24(22,20(29)35-11-5)21(30)36-12-6/h7-15H2,1-6H3. The van der Waals surface area contributed by atoms with Crippen LogP contribution in [-0.4, -0.2) is 75.5 Å². The average molecular weight is 517 g/mol. The Morgan fingerprint density at radius 1 is 0.444 bits per heavy atom. The number of esters is 6. The lowest BCUT2D eigenvalue weighted by Gasteiger charge is -2.53. The van der Waals surface area contributed by atoms with Crippen LogP contribution in [0.3, 0.4) is 0 Å². The molecule has 0 aromatic rings. The smallest absolute Gasteiger partial charge is 0.327 e. The highest BCUT2D eigenvalue weighted by Gasteiger charge is 2.87. The van der Waals surface area contributed by atoms with E-state index in [4.69, 9.17) is 28.4 Å². The molecular formula is C24H36O12. The van der Waals surface area contributed by atoms with Crippen molar-refractivity contribution < 1.29 is 57.2 Å². The molecule has 204 valence electrons. The summed E-state index contributed by atoms with van der Waals surface area (Å²) in [5.74, 6) is -8.40. The van der Waals surface area contributed by atoms with Crippen LogP contribution in [0.15, 0.2) is 0 Å². The van der Waals surface area contributed by atoms with Gasteiger partial charge in [-0.15, -0.1) is 0 Å². The zero-order chi connectivity index (χ0) is 27.6. The molecule has 1 rings (SSSR count). The van der Waals surface area contributed by atoms with Crippen molar-refractivity contribution >= 4 is 35.8 Å². The first-order valence-corrected chi connectivity index (χ1v) is 12.1. The molecule has 36 heavy (non-hydrogen) atoms. The lowest BCUT2D eigenvalue weighted by Crippen LogP contribution is -2.75. The highest BCUT2D eigenvalue weighted by atomic mass is 16.6. The molecule has 12 nitrogen and oxygen atoms in total. The molecule has 0 saturated heterocycles. The van der Waals surface area contributed by atoms with Crippen LogP contribution in [0.1, 0.15) is 60.8 Å². The van der Waals surface area contributed by atoms with Crippen molar-refractivity contribution in [2.75, 3.05) is 39.6 Å². The molecule has 0 aromatic carbocycles. The van der Waals surface area contributed by atoms with E-state index in [2.05, 4.69) is 0 Å². The summed E-state index contributed by atoms with van der Waals surface area (Å²) >= 11 is 0. The van der Waals surface area contributed by atoms with Gasteiger partial charge in [-0.25, -0.2) is 0 Å². The number of hydrogen-bond donors (Lipinski definition) is 0. The van der Waals surface area contributed by atoms with Gasteiger partial charge in [0, 0.05) is 0 Å². The topological polar surface area (TPSA) is 158 Å². The summed E-state index contributed by atoms with van der Waals surface area (Å²) < 4.78 is 31.1. The van der Waals surface area contributed by atoms with E-state index in [1.54, 1.807) is 0 Å². The van der Waals surface area contributed by atoms with Gasteiger partial charge in [-0.05, 0) is 60.8 Å². The number of hydrogen-bond acceptors (Lipinski definition) is 12. The first kappa shape index (κ1) is 30.9. The maximum atomic E-state index is 13.9. The fourth-order valence-electron chi connectivity index (χ4n) is 4.82. The van der Waals surface area contributed by atoms with Crippen LogP contribution in [0.4, 0.5) is 0 Å². The summed E-state index contributed by atoms with van der Waals surface area (Å²) in [6.07, 6.45) is -1.12. The number of carbonyl (C=O) groups excluding carboxylic acids is 6. The molecule has 12 heteroatoms. The van der Waals surface area contributed by atoms with Gasteiger partial charge in [-0.1, -0.05) is 0 Å². The minimum atomic E-state index is -3.21. The quantitative estimate of drug-likeness (QED) is 0.209. The Morgan fingerprint density at radius 2 is 0.667 bits per heavy atom. The second-order valence-corrected chi connectivity index (χ2v) is 7.74. The van der Waals surface area contributed by atoms with E-state index >= 15 is 0 Å². The fraction of sp³-hybridized carbons (Fsp3) is 0.750. The Balaban J connectivity index is 4.48. The Labute approximate surface area is 210 Å². The van der Waals surface area contributed by atoms with Gasteiger partial charge in [0.15, 0.2) is 10.8 Å². The normalized spacial score (nSPS) is 17.2. The third kappa shape index (κ3) is 4.64. The molecule has 0 bridgehead atoms. The third-order valence-electron chi connectivity index (χ3n) is 6.04. The molecule has 1 aliphatic carbocycles. The molecule has 0 radical (unpaired) electrons. The van der Waals surface area contributed by atoms with Gasteiger partial charge in [0.2, 0.25) is 5.41 Å². The number of rotatable bonds is 12. The summed E-state index contributed by atoms with van der Waals surface area (Å²) in [7, 11) is 0. The van der Waals surface area contributed by atoms with Crippen molar-refractivity contribution in [3.05, 3.63) is 0 Å². The monoisotopic (exact) mass is 516 g/mol. The van der Waals surface area contributed by atoms with E-state index in [9.17, 15) is 28.8 Å². The summed E-state index contributed by atoms with van der Waals surface area (Å²) in [6.45, 7) is 6.91. The van der Waals surface area contributed by atoms with Gasteiger partial charge in [-0.2, -0.15) is 0 Å². The molecule has 1 fully saturated rings. The van der Waals surface area contributed by atoms with E-state index in [0.29, 0.717) is 0 Å². The second kappa shape index (κ2) is 13.2. The van der Waals surface area contributed by atoms with Crippen molar-refractivity contribution in [3.63, 3.8) is 0 Å². The Kier molecular flexibility index (Phi) is 11.3. The molecule has 0 heterocycles. The molecule has 1 saturated carbocycles. The first-order valence-electron chi connectivity index (χ1n) is 12.1. The number of ether oxygens (including phenoxy) is 6. The van der Waals surface area contributed by atoms with Crippen LogP contribution in [0.5, 0.6) is 0 Å². The molecule has 0 aliphatic heterocycles. The highest BCUT2D eigenvalue weighted by molar-refractivity contribution is 6.22. The van der Waals surface area contributed by atoms with E-state index in [-0.39, 0.29) is 46.1 Å². The molecule has 0 atom stereocenters. The Morgan fingerprint density at radius 3 is 0.889 bits per heavy atom. The van der Waals surface area contributed by atoms with Crippen LogP contribution in [0.2, 0.25) is 0 Å². The lowest BCUT2D eigenvalue weighted by atomic mass is 9.44. The van der Waals surface area contributed by atoms with Gasteiger partial charge in [0.05, 0.1) is 39.6 Å². The van der Waals surface area contributed by atoms with Crippen LogP contribution in [0.25, 0.3) is 0 Å². The van der Waals surface area contributed by atoms with Crippen LogP contribution in [0, 0.1) is 16.2 Å². The molecule has 1 aliphatic rings. The predicted octanol–water partition coefficient (Wildman–Crippen LogP) is 1.51. The van der Waals surface area contributed by atoms with Crippen molar-refractivity contribution in [2.24, 2.45) is 16.2 Å². The van der Waals surface area contributed by atoms with Crippen molar-refractivity contribution in [1.29, 1.82) is 0 Å². The maximum absolute atomic E-state index is 13.9. The van der Waals surface area contributed by atoms with Crippen LogP contribution in [-0.2, 0) is 57.2 Å². The van der Waals surface area contributed by atoms with Gasteiger partial charge in [0.1, 0.15) is 0 Å². The SMILES string of the molecule is CCOC(=O)C1(C(=O)OCC)CCCC(C(=O)OCC)(C(=O)OCC)C1(C(=O)OCC)C(=O)OCC. The highest BCUT2D eigenvalue weighted by Crippen LogP contribution is 2.64. The molecule has 0 spiro atoms. The van der Waals surface area contributed by atoms with E-state index < -0.39 is 64.9 Å². The van der Waals surface area contributed by atoms with E-state index in [0.717, 1.165) is 0 Å². The molecule has 0 unspecified atom stereocenters. The largest absolute Gasteiger partial charge is 0.465 e. The van der Waals surface area contributed by atoms with Gasteiger partial charge >= 0.3 is 35.8 Å². The molecule has 0 N–H and O–H groups in total. The average Bonchev–Trinajstić information content (AvgIpc) is 2.83. The second-order valence-electron chi connectivity index (χ2n) is 7.74. The van der Waals surface area contributed by atoms with Crippen LogP contribution >= 0.6 is 0 Å². The van der Waals surface area contributed by atoms with E-state index in [1.165, 1.54) is 41.5 Å². The van der Waals surface area contributed by atoms with Gasteiger partial charge in [0.25, 0.3) is 0 Å². The summed E-state index contributed by atoms with van der Waals surface area (Å²) in [6, 6.07) is 0. The minimum absolute atomic E-state index is 0.157. The van der Waals surface area contributed by atoms with E-state index in [1.807, 2.05) is 0 Å². The summed E-state index contributed by atoms with van der Waals surface area (Å²) in [5, 5.41) is 0. The Bertz CT molecular complexity index is 742. The third-order valence-corrected chi connectivity index (χ3v) is 6.04. The Hall–Kier alpha value is -3.18. The van der Waals surface area contributed by atoms with Crippen molar-refractivity contribution in [3.8, 4) is 0 Å². The summed E-state index contributed by atoms with van der Waals surface area (Å²) in [4.78, 5) is 82.6. The zero-order valence-electron chi connectivity index (χ0n) is 21.8. The minimum Gasteiger partial charge on any atom is -0.465 e. The lowest BCUT2D eigenvalue weighted by molar-refractivity contribution is -0.233. The molecule has 0 amide bonds. The fourth-order valence-corrected chi connectivity index (χ4v) is 4.82. The van der Waals surface area contributed by atoms with Crippen molar-refractivity contribution in [2.45, 2.75) is 60.8 Å². The zero-order valence-corrected chi connectivity index (χ0v) is 21.8. The maximum Gasteiger partial charge on any atom is 0.327 e. The van der Waals surface area contributed by atoms with Gasteiger partial charge in [-0.3, -0.25) is 28.8 Å². The molecular weight excluding hydrogens is 480 g/mol. The first-order chi connectivity index (χ1) is 17.1. The van der Waals surface area contributed by atoms with Crippen LogP contribution < -0.4 is 0 Å². The predicted molar refractivity (Wildman–Crippen MR) is 121 cm³/mol. The van der Waals surface area contributed by atoms with Gasteiger partial charge < -0.3 is 28.4 Å².